The molecule has 13 heavy (non-hydrogen) atoms. The van der Waals surface area contributed by atoms with E-state index in [4.69, 9.17) is 11.8 Å². The molecule has 0 fully saturated rings. The Hall–Kier alpha value is -0.260. The third-order valence-corrected chi connectivity index (χ3v) is 4.94. The zero-order valence-electron chi connectivity index (χ0n) is 8.16. The quantitative estimate of drug-likeness (QED) is 0.674. The predicted molar refractivity (Wildman–Crippen MR) is 63.0 cm³/mol. The van der Waals surface area contributed by atoms with Gasteiger partial charge in [-0.25, -0.2) is 0 Å². The summed E-state index contributed by atoms with van der Waals surface area (Å²) in [5.41, 5.74) is 1.39. The summed E-state index contributed by atoms with van der Waals surface area (Å²) in [7, 11) is 1.07. The molecule has 0 spiro atoms. The number of hydrogen-bond acceptors (Lipinski definition) is 1. The SMILES string of the molecule is CCC(CC)(P=S)c1ccccc1. The largest absolute Gasteiger partial charge is 0.0639 e. The Morgan fingerprint density at radius 2 is 1.69 bits per heavy atom. The first kappa shape index (κ1) is 10.8. The van der Waals surface area contributed by atoms with Gasteiger partial charge in [0.25, 0.3) is 0 Å². The second-order valence-electron chi connectivity index (χ2n) is 3.20. The Morgan fingerprint density at radius 3 is 2.08 bits per heavy atom. The van der Waals surface area contributed by atoms with E-state index in [1.165, 1.54) is 5.56 Å². The minimum absolute atomic E-state index is 0.205. The summed E-state index contributed by atoms with van der Waals surface area (Å²) >= 11 is 5.24. The van der Waals surface area contributed by atoms with E-state index in [1.54, 1.807) is 0 Å². The van der Waals surface area contributed by atoms with Crippen molar-refractivity contribution >= 4 is 19.2 Å². The maximum Gasteiger partial charge on any atom is 0.0469 e. The molecule has 0 aliphatic heterocycles. The zero-order chi connectivity index (χ0) is 9.73. The molecule has 0 saturated carbocycles. The first-order chi connectivity index (χ1) is 6.29. The maximum atomic E-state index is 5.24. The van der Waals surface area contributed by atoms with Crippen LogP contribution in [0.3, 0.4) is 0 Å². The lowest BCUT2D eigenvalue weighted by molar-refractivity contribution is 0.578. The lowest BCUT2D eigenvalue weighted by Gasteiger charge is -2.26. The van der Waals surface area contributed by atoms with Gasteiger partial charge < -0.3 is 0 Å². The molecular formula is C11H15PS. The van der Waals surface area contributed by atoms with Crippen molar-refractivity contribution in [2.45, 2.75) is 31.8 Å². The predicted octanol–water partition coefficient (Wildman–Crippen LogP) is 4.11. The van der Waals surface area contributed by atoms with Crippen LogP contribution in [0, 0.1) is 0 Å². The molecule has 1 aromatic carbocycles. The van der Waals surface area contributed by atoms with Crippen LogP contribution < -0.4 is 0 Å². The first-order valence-corrected chi connectivity index (χ1v) is 6.60. The van der Waals surface area contributed by atoms with Crippen molar-refractivity contribution in [2.75, 3.05) is 0 Å². The van der Waals surface area contributed by atoms with E-state index in [0.29, 0.717) is 0 Å². The highest BCUT2D eigenvalue weighted by molar-refractivity contribution is 7.96. The van der Waals surface area contributed by atoms with Crippen LogP contribution in [0.5, 0.6) is 0 Å². The normalized spacial score (nSPS) is 11.8. The van der Waals surface area contributed by atoms with E-state index in [1.807, 2.05) is 0 Å². The van der Waals surface area contributed by atoms with E-state index in [0.717, 1.165) is 20.2 Å². The van der Waals surface area contributed by atoms with Crippen LogP contribution in [0.1, 0.15) is 32.3 Å². The summed E-state index contributed by atoms with van der Waals surface area (Å²) in [6, 6.07) is 10.6. The van der Waals surface area contributed by atoms with Gasteiger partial charge in [0.15, 0.2) is 0 Å². The second-order valence-corrected chi connectivity index (χ2v) is 4.78. The summed E-state index contributed by atoms with van der Waals surface area (Å²) in [6.45, 7) is 4.44. The van der Waals surface area contributed by atoms with Crippen molar-refractivity contribution in [3.63, 3.8) is 0 Å². The average Bonchev–Trinajstić information content (AvgIpc) is 2.23. The fourth-order valence-electron chi connectivity index (χ4n) is 1.59. The van der Waals surface area contributed by atoms with Crippen LogP contribution in [0.15, 0.2) is 30.3 Å². The zero-order valence-corrected chi connectivity index (χ0v) is 9.87. The molecule has 0 saturated heterocycles. The van der Waals surface area contributed by atoms with Crippen molar-refractivity contribution in [1.82, 2.24) is 0 Å². The Kier molecular flexibility index (Phi) is 4.02. The van der Waals surface area contributed by atoms with Gasteiger partial charge in [-0.05, 0) is 25.8 Å². The minimum Gasteiger partial charge on any atom is -0.0639 e. The summed E-state index contributed by atoms with van der Waals surface area (Å²) in [5, 5.41) is 0.205. The fourth-order valence-corrected chi connectivity index (χ4v) is 3.19. The summed E-state index contributed by atoms with van der Waals surface area (Å²) < 4.78 is 0. The van der Waals surface area contributed by atoms with E-state index in [2.05, 4.69) is 44.2 Å². The van der Waals surface area contributed by atoms with Crippen LogP contribution in [0.2, 0.25) is 0 Å². The van der Waals surface area contributed by atoms with Crippen LogP contribution in [-0.2, 0) is 17.0 Å². The van der Waals surface area contributed by atoms with Gasteiger partial charge in [-0.3, -0.25) is 0 Å². The monoisotopic (exact) mass is 210 g/mol. The van der Waals surface area contributed by atoms with Crippen LogP contribution in [0.25, 0.3) is 0 Å². The second kappa shape index (κ2) is 4.83. The molecular weight excluding hydrogens is 195 g/mol. The van der Waals surface area contributed by atoms with Crippen molar-refractivity contribution < 1.29 is 0 Å². The Balaban J connectivity index is 3.08. The molecule has 0 atom stereocenters. The smallest absolute Gasteiger partial charge is 0.0469 e. The average molecular weight is 210 g/mol. The molecule has 0 radical (unpaired) electrons. The standard InChI is InChI=1S/C11H15PS/c1-3-11(4-2,12-13)10-8-6-5-7-9-10/h5-9H,3-4H2,1-2H3. The molecule has 0 heterocycles. The third kappa shape index (κ3) is 2.15. The van der Waals surface area contributed by atoms with Crippen LogP contribution >= 0.6 is 7.36 Å². The summed E-state index contributed by atoms with van der Waals surface area (Å²) in [4.78, 5) is 0. The molecule has 0 bridgehead atoms. The van der Waals surface area contributed by atoms with E-state index < -0.39 is 0 Å². The molecule has 0 aliphatic rings. The van der Waals surface area contributed by atoms with Crippen LogP contribution in [-0.4, -0.2) is 0 Å². The molecule has 70 valence electrons. The van der Waals surface area contributed by atoms with Crippen molar-refractivity contribution in [3.05, 3.63) is 35.9 Å². The number of rotatable bonds is 4. The van der Waals surface area contributed by atoms with Crippen molar-refractivity contribution in [3.8, 4) is 0 Å². The van der Waals surface area contributed by atoms with Crippen molar-refractivity contribution in [1.29, 1.82) is 0 Å². The van der Waals surface area contributed by atoms with Gasteiger partial charge in [-0.15, -0.1) is 0 Å². The molecule has 0 aliphatic carbocycles. The fraction of sp³-hybridized carbons (Fsp3) is 0.455. The minimum atomic E-state index is 0.205. The molecule has 0 unspecified atom stereocenters. The van der Waals surface area contributed by atoms with Gasteiger partial charge in [-0.2, -0.15) is 0 Å². The number of hydrogen-bond donors (Lipinski definition) is 0. The van der Waals surface area contributed by atoms with Gasteiger partial charge in [0.2, 0.25) is 0 Å². The van der Waals surface area contributed by atoms with Gasteiger partial charge in [-0.1, -0.05) is 56.0 Å². The van der Waals surface area contributed by atoms with E-state index >= 15 is 0 Å². The van der Waals surface area contributed by atoms with E-state index in [-0.39, 0.29) is 5.16 Å². The van der Waals surface area contributed by atoms with Crippen molar-refractivity contribution in [2.24, 2.45) is 0 Å². The highest BCUT2D eigenvalue weighted by atomic mass is 32.4. The Labute approximate surface area is 87.2 Å². The highest BCUT2D eigenvalue weighted by Crippen LogP contribution is 2.41. The molecule has 0 aromatic heterocycles. The summed E-state index contributed by atoms with van der Waals surface area (Å²) in [5.74, 6) is 0. The molecule has 0 N–H and O–H groups in total. The maximum absolute atomic E-state index is 5.24. The lowest BCUT2D eigenvalue weighted by atomic mass is 9.93. The lowest BCUT2D eigenvalue weighted by Crippen LogP contribution is -2.15. The highest BCUT2D eigenvalue weighted by Gasteiger charge is 2.25. The Bertz CT molecular complexity index is 265. The van der Waals surface area contributed by atoms with Gasteiger partial charge in [0.05, 0.1) is 0 Å². The third-order valence-electron chi connectivity index (χ3n) is 2.66. The van der Waals surface area contributed by atoms with Crippen LogP contribution in [0.4, 0.5) is 0 Å². The molecule has 0 nitrogen and oxygen atoms in total. The van der Waals surface area contributed by atoms with Gasteiger partial charge >= 0.3 is 0 Å². The molecule has 0 amide bonds. The molecule has 2 heteroatoms. The van der Waals surface area contributed by atoms with Gasteiger partial charge in [0, 0.05) is 5.16 Å². The van der Waals surface area contributed by atoms with E-state index in [9.17, 15) is 0 Å². The molecule has 1 aromatic rings. The topological polar surface area (TPSA) is 0 Å². The first-order valence-electron chi connectivity index (χ1n) is 4.69. The summed E-state index contributed by atoms with van der Waals surface area (Å²) in [6.07, 6.45) is 2.25. The Morgan fingerprint density at radius 1 is 1.15 bits per heavy atom. The number of benzene rings is 1. The van der Waals surface area contributed by atoms with Gasteiger partial charge in [0.1, 0.15) is 0 Å². The molecule has 1 rings (SSSR count).